The van der Waals surface area contributed by atoms with Gasteiger partial charge in [-0.3, -0.25) is 0 Å². The molecule has 0 bridgehead atoms. The molecule has 0 N–H and O–H groups in total. The van der Waals surface area contributed by atoms with Crippen molar-refractivity contribution in [3.63, 3.8) is 0 Å². The molecule has 1 saturated heterocycles. The van der Waals surface area contributed by atoms with Crippen LogP contribution in [0.5, 0.6) is 0 Å². The van der Waals surface area contributed by atoms with E-state index in [4.69, 9.17) is 0 Å². The van der Waals surface area contributed by atoms with Gasteiger partial charge in [-0.1, -0.05) is 0 Å². The van der Waals surface area contributed by atoms with Gasteiger partial charge in [0.25, 0.3) is 0 Å². The molecule has 1 aliphatic rings. The molecule has 0 saturated carbocycles. The highest BCUT2D eigenvalue weighted by molar-refractivity contribution is 5.83. The van der Waals surface area contributed by atoms with Crippen molar-refractivity contribution in [2.24, 2.45) is 0 Å². The number of likely N-dealkylation sites (tertiary alicyclic amines) is 1. The maximum atomic E-state index is 11.2. The van der Waals surface area contributed by atoms with Gasteiger partial charge in [0.15, 0.2) is 0 Å². The van der Waals surface area contributed by atoms with Crippen LogP contribution >= 0.6 is 0 Å². The zero-order valence-corrected chi connectivity index (χ0v) is 7.95. The van der Waals surface area contributed by atoms with E-state index in [2.05, 4.69) is 4.74 Å². The molecule has 1 heterocycles. The topological polar surface area (TPSA) is 49.9 Å². The van der Waals surface area contributed by atoms with Crippen LogP contribution in [0.4, 0.5) is 9.59 Å². The van der Waals surface area contributed by atoms with Gasteiger partial charge in [-0.05, 0) is 12.8 Å². The Morgan fingerprint density at radius 3 is 2.23 bits per heavy atom. The van der Waals surface area contributed by atoms with Crippen molar-refractivity contribution in [1.29, 1.82) is 0 Å². The normalized spacial score (nSPS) is 15.7. The molecule has 0 aromatic heterocycles. The van der Waals surface area contributed by atoms with Gasteiger partial charge in [0.2, 0.25) is 0 Å². The van der Waals surface area contributed by atoms with Crippen molar-refractivity contribution >= 4 is 12.2 Å². The summed E-state index contributed by atoms with van der Waals surface area (Å²) in [6, 6.07) is 0. The molecule has 0 unspecified atom stereocenters. The average Bonchev–Trinajstić information content (AvgIpc) is 2.55. The lowest BCUT2D eigenvalue weighted by Crippen LogP contribution is -2.34. The van der Waals surface area contributed by atoms with E-state index in [9.17, 15) is 9.59 Å². The predicted molar refractivity (Wildman–Crippen MR) is 46.4 cm³/mol. The highest BCUT2D eigenvalue weighted by Crippen LogP contribution is 2.08. The van der Waals surface area contributed by atoms with Gasteiger partial charge in [0.1, 0.15) is 0 Å². The number of hydrogen-bond acceptors (Lipinski definition) is 3. The minimum absolute atomic E-state index is 0.531. The third-order valence-corrected chi connectivity index (χ3v) is 1.90. The molecule has 0 atom stereocenters. The first-order valence-electron chi connectivity index (χ1n) is 4.29. The minimum Gasteiger partial charge on any atom is -0.359 e. The summed E-state index contributed by atoms with van der Waals surface area (Å²) in [5, 5.41) is 0. The second-order valence-corrected chi connectivity index (χ2v) is 3.22. The van der Waals surface area contributed by atoms with Gasteiger partial charge >= 0.3 is 12.2 Å². The summed E-state index contributed by atoms with van der Waals surface area (Å²) in [5.41, 5.74) is 0. The lowest BCUT2D eigenvalue weighted by Gasteiger charge is -2.15. The third-order valence-electron chi connectivity index (χ3n) is 1.90. The lowest BCUT2D eigenvalue weighted by molar-refractivity contribution is 0.109. The first-order valence-corrected chi connectivity index (χ1v) is 4.29. The van der Waals surface area contributed by atoms with Crippen LogP contribution in [0.15, 0.2) is 0 Å². The van der Waals surface area contributed by atoms with E-state index < -0.39 is 12.2 Å². The summed E-state index contributed by atoms with van der Waals surface area (Å²) in [5.74, 6) is 0. The van der Waals surface area contributed by atoms with Crippen LogP contribution in [0.2, 0.25) is 0 Å². The smallest absolute Gasteiger partial charge is 0.359 e. The molecular formula is C8H14N2O3. The van der Waals surface area contributed by atoms with Crippen LogP contribution in [-0.4, -0.2) is 49.2 Å². The summed E-state index contributed by atoms with van der Waals surface area (Å²) in [6.45, 7) is 1.39. The van der Waals surface area contributed by atoms with Gasteiger partial charge in [0, 0.05) is 27.2 Å². The Bertz CT molecular complexity index is 209. The summed E-state index contributed by atoms with van der Waals surface area (Å²) in [6.07, 6.45) is 0.837. The van der Waals surface area contributed by atoms with E-state index in [1.807, 2.05) is 0 Å². The van der Waals surface area contributed by atoms with Gasteiger partial charge in [0.05, 0.1) is 0 Å². The summed E-state index contributed by atoms with van der Waals surface area (Å²) < 4.78 is 4.57. The van der Waals surface area contributed by atoms with Crippen LogP contribution in [0.25, 0.3) is 0 Å². The molecule has 5 nitrogen and oxygen atoms in total. The van der Waals surface area contributed by atoms with Crippen molar-refractivity contribution < 1.29 is 14.3 Å². The Balaban J connectivity index is 2.36. The number of rotatable bonds is 0. The summed E-state index contributed by atoms with van der Waals surface area (Å²) in [7, 11) is 3.08. The van der Waals surface area contributed by atoms with Gasteiger partial charge in [-0.15, -0.1) is 0 Å². The van der Waals surface area contributed by atoms with Crippen molar-refractivity contribution in [1.82, 2.24) is 9.80 Å². The van der Waals surface area contributed by atoms with Crippen molar-refractivity contribution in [2.45, 2.75) is 12.8 Å². The Labute approximate surface area is 77.2 Å². The first kappa shape index (κ1) is 9.83. The average molecular weight is 186 g/mol. The first-order chi connectivity index (χ1) is 6.11. The number of nitrogens with zero attached hydrogens (tertiary/aromatic N) is 2. The zero-order valence-electron chi connectivity index (χ0n) is 7.95. The monoisotopic (exact) mass is 186 g/mol. The van der Waals surface area contributed by atoms with Crippen LogP contribution < -0.4 is 0 Å². The van der Waals surface area contributed by atoms with Crippen molar-refractivity contribution in [2.75, 3.05) is 27.2 Å². The van der Waals surface area contributed by atoms with E-state index in [1.54, 1.807) is 19.0 Å². The second-order valence-electron chi connectivity index (χ2n) is 3.22. The molecule has 0 aromatic rings. The molecule has 0 radical (unpaired) electrons. The van der Waals surface area contributed by atoms with Gasteiger partial charge < -0.3 is 14.5 Å². The van der Waals surface area contributed by atoms with E-state index in [0.29, 0.717) is 13.1 Å². The van der Waals surface area contributed by atoms with Crippen LogP contribution in [0.1, 0.15) is 12.8 Å². The fourth-order valence-electron chi connectivity index (χ4n) is 1.13. The Kier molecular flexibility index (Phi) is 3.11. The molecule has 1 rings (SSSR count). The van der Waals surface area contributed by atoms with Crippen LogP contribution in [-0.2, 0) is 4.74 Å². The number of ether oxygens (including phenoxy) is 1. The Hall–Kier alpha value is -1.26. The third kappa shape index (κ3) is 2.61. The van der Waals surface area contributed by atoms with E-state index in [-0.39, 0.29) is 0 Å². The minimum atomic E-state index is -0.614. The largest absolute Gasteiger partial charge is 0.418 e. The molecular weight excluding hydrogens is 172 g/mol. The molecule has 0 aromatic carbocycles. The summed E-state index contributed by atoms with van der Waals surface area (Å²) in [4.78, 5) is 25.0. The Morgan fingerprint density at radius 1 is 1.23 bits per heavy atom. The number of carbonyl (C=O) groups is 2. The van der Waals surface area contributed by atoms with Gasteiger partial charge in [-0.2, -0.15) is 0 Å². The highest BCUT2D eigenvalue weighted by atomic mass is 16.6. The number of carbonyl (C=O) groups excluding carboxylic acids is 2. The van der Waals surface area contributed by atoms with Crippen molar-refractivity contribution in [3.8, 4) is 0 Å². The fourth-order valence-corrected chi connectivity index (χ4v) is 1.13. The standard InChI is InChI=1S/C8H14N2O3/c1-9(2)7(11)13-8(12)10-5-3-4-6-10/h3-6H2,1-2H3. The number of hydrogen-bond donors (Lipinski definition) is 0. The molecule has 1 fully saturated rings. The zero-order chi connectivity index (χ0) is 9.84. The quantitative estimate of drug-likeness (QED) is 0.528. The maximum absolute atomic E-state index is 11.2. The molecule has 0 spiro atoms. The van der Waals surface area contributed by atoms with E-state index >= 15 is 0 Å². The molecule has 0 aliphatic carbocycles. The summed E-state index contributed by atoms with van der Waals surface area (Å²) >= 11 is 0. The van der Waals surface area contributed by atoms with E-state index in [0.717, 1.165) is 12.8 Å². The lowest BCUT2D eigenvalue weighted by atomic mass is 10.4. The van der Waals surface area contributed by atoms with Crippen LogP contribution in [0.3, 0.4) is 0 Å². The van der Waals surface area contributed by atoms with E-state index in [1.165, 1.54) is 4.90 Å². The molecule has 2 amide bonds. The second kappa shape index (κ2) is 4.11. The molecule has 74 valence electrons. The molecule has 1 aliphatic heterocycles. The Morgan fingerprint density at radius 2 is 1.77 bits per heavy atom. The SMILES string of the molecule is CN(C)C(=O)OC(=O)N1CCCC1. The predicted octanol–water partition coefficient (Wildman–Crippen LogP) is 0.900. The fraction of sp³-hybridized carbons (Fsp3) is 0.750. The highest BCUT2D eigenvalue weighted by Gasteiger charge is 2.22. The number of amides is 2. The molecule has 5 heteroatoms. The van der Waals surface area contributed by atoms with Gasteiger partial charge in [-0.25, -0.2) is 9.59 Å². The van der Waals surface area contributed by atoms with Crippen molar-refractivity contribution in [3.05, 3.63) is 0 Å². The van der Waals surface area contributed by atoms with Crippen LogP contribution in [0, 0.1) is 0 Å². The maximum Gasteiger partial charge on any atom is 0.418 e. The molecule has 13 heavy (non-hydrogen) atoms.